The molecular weight excluding hydrogens is 290 g/mol. The number of hydrogen-bond donors (Lipinski definition) is 2. The summed E-state index contributed by atoms with van der Waals surface area (Å²) in [5, 5.41) is 11.8. The predicted molar refractivity (Wildman–Crippen MR) is 80.4 cm³/mol. The molecule has 0 atom stereocenters. The molecule has 0 aliphatic carbocycles. The summed E-state index contributed by atoms with van der Waals surface area (Å²) in [6.45, 7) is 0. The average molecular weight is 300 g/mol. The molecule has 2 aromatic rings. The maximum Gasteiger partial charge on any atom is 0.337 e. The number of rotatable bonds is 2. The van der Waals surface area contributed by atoms with Gasteiger partial charge in [0.15, 0.2) is 0 Å². The normalized spacial score (nSPS) is 9.38. The third kappa shape index (κ3) is 4.10. The van der Waals surface area contributed by atoms with E-state index in [4.69, 9.17) is 16.7 Å². The van der Waals surface area contributed by atoms with E-state index in [1.165, 1.54) is 18.2 Å². The molecule has 0 aliphatic rings. The van der Waals surface area contributed by atoms with Gasteiger partial charge < -0.3 is 10.4 Å². The first-order chi connectivity index (χ1) is 10.1. The van der Waals surface area contributed by atoms with Crippen molar-refractivity contribution in [3.8, 4) is 11.8 Å². The number of carbonyl (C=O) groups excluding carboxylic acids is 1. The molecule has 0 saturated heterocycles. The summed E-state index contributed by atoms with van der Waals surface area (Å²) in [6.07, 6.45) is 0. The minimum Gasteiger partial charge on any atom is -0.478 e. The van der Waals surface area contributed by atoms with Gasteiger partial charge in [-0.3, -0.25) is 4.79 Å². The quantitative estimate of drug-likeness (QED) is 0.838. The standard InChI is InChI=1S/C16H10ClNO3/c17-12-7-8-13(16(20)21)14(10-12)18-15(19)9-6-11-4-2-1-3-5-11/h1-5,7-8,10H,(H,18,19)(H,20,21). The lowest BCUT2D eigenvalue weighted by Crippen LogP contribution is -2.12. The maximum absolute atomic E-state index is 11.8. The zero-order valence-corrected chi connectivity index (χ0v) is 11.5. The smallest absolute Gasteiger partial charge is 0.337 e. The molecule has 4 nitrogen and oxygen atoms in total. The van der Waals surface area contributed by atoms with Crippen molar-refractivity contribution >= 4 is 29.2 Å². The average Bonchev–Trinajstić information content (AvgIpc) is 2.46. The Morgan fingerprint density at radius 3 is 2.48 bits per heavy atom. The molecule has 0 spiro atoms. The molecule has 2 rings (SSSR count). The first kappa shape index (κ1) is 14.6. The molecule has 0 heterocycles. The summed E-state index contributed by atoms with van der Waals surface area (Å²) < 4.78 is 0. The van der Waals surface area contributed by atoms with Crippen molar-refractivity contribution in [3.63, 3.8) is 0 Å². The van der Waals surface area contributed by atoms with E-state index in [1.54, 1.807) is 24.3 Å². The number of aromatic carboxylic acids is 1. The minimum absolute atomic E-state index is 0.0470. The van der Waals surface area contributed by atoms with Gasteiger partial charge in [-0.05, 0) is 30.3 Å². The lowest BCUT2D eigenvalue weighted by atomic mass is 10.2. The maximum atomic E-state index is 11.8. The Hall–Kier alpha value is -2.77. The highest BCUT2D eigenvalue weighted by molar-refractivity contribution is 6.31. The van der Waals surface area contributed by atoms with Crippen molar-refractivity contribution in [2.75, 3.05) is 5.32 Å². The van der Waals surface area contributed by atoms with Gasteiger partial charge in [0.05, 0.1) is 11.3 Å². The van der Waals surface area contributed by atoms with E-state index in [1.807, 2.05) is 6.07 Å². The molecule has 21 heavy (non-hydrogen) atoms. The molecule has 0 bridgehead atoms. The van der Waals surface area contributed by atoms with Crippen LogP contribution in [0.15, 0.2) is 48.5 Å². The fourth-order valence-corrected chi connectivity index (χ4v) is 1.78. The Morgan fingerprint density at radius 2 is 1.81 bits per heavy atom. The molecule has 2 N–H and O–H groups in total. The Kier molecular flexibility index (Phi) is 4.60. The largest absolute Gasteiger partial charge is 0.478 e. The third-order valence-corrected chi connectivity index (χ3v) is 2.79. The molecule has 0 unspecified atom stereocenters. The topological polar surface area (TPSA) is 66.4 Å². The van der Waals surface area contributed by atoms with Crippen LogP contribution < -0.4 is 5.32 Å². The van der Waals surface area contributed by atoms with Crippen LogP contribution in [0.4, 0.5) is 5.69 Å². The van der Waals surface area contributed by atoms with Gasteiger partial charge in [-0.25, -0.2) is 4.79 Å². The van der Waals surface area contributed by atoms with Gasteiger partial charge in [0.25, 0.3) is 0 Å². The predicted octanol–water partition coefficient (Wildman–Crippen LogP) is 3.03. The van der Waals surface area contributed by atoms with Gasteiger partial charge in [0.1, 0.15) is 0 Å². The van der Waals surface area contributed by atoms with E-state index in [9.17, 15) is 9.59 Å². The SMILES string of the molecule is O=C(C#Cc1ccccc1)Nc1cc(Cl)ccc1C(=O)O. The second-order valence-corrected chi connectivity index (χ2v) is 4.50. The first-order valence-electron chi connectivity index (χ1n) is 5.97. The second-order valence-electron chi connectivity index (χ2n) is 4.07. The monoisotopic (exact) mass is 299 g/mol. The number of carboxylic acid groups (broad SMARTS) is 1. The Labute approximate surface area is 126 Å². The summed E-state index contributed by atoms with van der Waals surface area (Å²) in [4.78, 5) is 22.8. The fraction of sp³-hybridized carbons (Fsp3) is 0. The molecule has 0 aromatic heterocycles. The number of nitrogens with one attached hydrogen (secondary N) is 1. The molecule has 2 aromatic carbocycles. The highest BCUT2D eigenvalue weighted by atomic mass is 35.5. The molecule has 1 amide bonds. The van der Waals surface area contributed by atoms with Crippen molar-refractivity contribution in [2.24, 2.45) is 0 Å². The number of amides is 1. The summed E-state index contributed by atoms with van der Waals surface area (Å²) in [7, 11) is 0. The lowest BCUT2D eigenvalue weighted by Gasteiger charge is -2.06. The van der Waals surface area contributed by atoms with Gasteiger partial charge in [-0.15, -0.1) is 0 Å². The van der Waals surface area contributed by atoms with Crippen LogP contribution in [-0.2, 0) is 4.79 Å². The Morgan fingerprint density at radius 1 is 1.10 bits per heavy atom. The van der Waals surface area contributed by atoms with Crippen LogP contribution >= 0.6 is 11.6 Å². The molecule has 0 fully saturated rings. The van der Waals surface area contributed by atoms with Gasteiger partial charge in [0.2, 0.25) is 0 Å². The highest BCUT2D eigenvalue weighted by Gasteiger charge is 2.11. The van der Waals surface area contributed by atoms with Crippen molar-refractivity contribution in [2.45, 2.75) is 0 Å². The van der Waals surface area contributed by atoms with Crippen LogP contribution in [0, 0.1) is 11.8 Å². The van der Waals surface area contributed by atoms with Gasteiger partial charge in [-0.2, -0.15) is 0 Å². The molecule has 104 valence electrons. The molecule has 5 heteroatoms. The van der Waals surface area contributed by atoms with Crippen LogP contribution in [-0.4, -0.2) is 17.0 Å². The molecule has 0 radical (unpaired) electrons. The molecule has 0 aliphatic heterocycles. The summed E-state index contributed by atoms with van der Waals surface area (Å²) in [5.74, 6) is 3.32. The number of halogens is 1. The molecule has 0 saturated carbocycles. The van der Waals surface area contributed by atoms with E-state index in [0.29, 0.717) is 10.6 Å². The van der Waals surface area contributed by atoms with E-state index in [2.05, 4.69) is 17.2 Å². The van der Waals surface area contributed by atoms with Crippen molar-refractivity contribution < 1.29 is 14.7 Å². The van der Waals surface area contributed by atoms with Crippen LogP contribution in [0.25, 0.3) is 0 Å². The highest BCUT2D eigenvalue weighted by Crippen LogP contribution is 2.21. The second kappa shape index (κ2) is 6.60. The summed E-state index contributed by atoms with van der Waals surface area (Å²) in [5.41, 5.74) is 0.758. The van der Waals surface area contributed by atoms with Crippen molar-refractivity contribution in [1.29, 1.82) is 0 Å². The van der Waals surface area contributed by atoms with E-state index in [0.717, 1.165) is 0 Å². The zero-order valence-electron chi connectivity index (χ0n) is 10.8. The van der Waals surface area contributed by atoms with Gasteiger partial charge in [-0.1, -0.05) is 35.7 Å². The van der Waals surface area contributed by atoms with Crippen LogP contribution in [0.2, 0.25) is 5.02 Å². The first-order valence-corrected chi connectivity index (χ1v) is 6.35. The lowest BCUT2D eigenvalue weighted by molar-refractivity contribution is -0.111. The Bertz CT molecular complexity index is 745. The van der Waals surface area contributed by atoms with Crippen molar-refractivity contribution in [3.05, 3.63) is 64.7 Å². The number of hydrogen-bond acceptors (Lipinski definition) is 2. The third-order valence-electron chi connectivity index (χ3n) is 2.55. The molecular formula is C16H10ClNO3. The number of carboxylic acids is 1. The zero-order chi connectivity index (χ0) is 15.2. The summed E-state index contributed by atoms with van der Waals surface area (Å²) >= 11 is 5.80. The van der Waals surface area contributed by atoms with Crippen LogP contribution in [0.1, 0.15) is 15.9 Å². The van der Waals surface area contributed by atoms with E-state index >= 15 is 0 Å². The van der Waals surface area contributed by atoms with Crippen LogP contribution in [0.5, 0.6) is 0 Å². The number of anilines is 1. The number of carbonyl (C=O) groups is 2. The minimum atomic E-state index is -1.15. The van der Waals surface area contributed by atoms with E-state index in [-0.39, 0.29) is 11.3 Å². The Balaban J connectivity index is 2.19. The fourth-order valence-electron chi connectivity index (χ4n) is 1.61. The van der Waals surface area contributed by atoms with Gasteiger partial charge >= 0.3 is 11.9 Å². The summed E-state index contributed by atoms with van der Waals surface area (Å²) in [6, 6.07) is 13.1. The van der Waals surface area contributed by atoms with Gasteiger partial charge in [0, 0.05) is 16.5 Å². The van der Waals surface area contributed by atoms with E-state index < -0.39 is 11.9 Å². The van der Waals surface area contributed by atoms with Crippen LogP contribution in [0.3, 0.4) is 0 Å². The number of benzene rings is 2. The van der Waals surface area contributed by atoms with Crippen molar-refractivity contribution in [1.82, 2.24) is 0 Å².